The van der Waals surface area contributed by atoms with Gasteiger partial charge >= 0.3 is 91.8 Å². The zero-order chi connectivity index (χ0) is 12.1. The summed E-state index contributed by atoms with van der Waals surface area (Å²) in [7, 11) is 3.16. The Morgan fingerprint density at radius 2 is 1.93 bits per heavy atom. The molecule has 0 aliphatic carbocycles. The third kappa shape index (κ3) is 4.49. The van der Waals surface area contributed by atoms with E-state index in [-0.39, 0.29) is 0 Å². The molecule has 0 aromatic heterocycles. The van der Waals surface area contributed by atoms with E-state index in [2.05, 4.69) is 5.32 Å². The Labute approximate surface area is 92.5 Å². The van der Waals surface area contributed by atoms with Crippen LogP contribution in [0.1, 0.15) is 27.7 Å². The van der Waals surface area contributed by atoms with Crippen molar-refractivity contribution in [2.45, 2.75) is 38.9 Å². The normalized spacial score (nSPS) is 13.3. The quantitative estimate of drug-likeness (QED) is 0.487. The van der Waals surface area contributed by atoms with Crippen LogP contribution in [0.4, 0.5) is 0 Å². The molecule has 15 heavy (non-hydrogen) atoms. The van der Waals surface area contributed by atoms with Crippen LogP contribution in [0.25, 0.3) is 0 Å². The van der Waals surface area contributed by atoms with Gasteiger partial charge in [-0.2, -0.15) is 0 Å². The second-order valence-corrected chi connectivity index (χ2v) is 4.33. The van der Waals surface area contributed by atoms with Gasteiger partial charge < -0.3 is 0 Å². The van der Waals surface area contributed by atoms with Crippen LogP contribution in [-0.4, -0.2) is 31.9 Å². The molecule has 0 fully saturated rings. The zero-order valence-corrected chi connectivity index (χ0v) is 10.0. The van der Waals surface area contributed by atoms with Crippen LogP contribution in [0.5, 0.6) is 0 Å². The Morgan fingerprint density at radius 1 is 1.40 bits per heavy atom. The monoisotopic (exact) mass is 210 g/mol. The second-order valence-electron chi connectivity index (χ2n) is 4.33. The summed E-state index contributed by atoms with van der Waals surface area (Å²) in [5, 5.41) is 21.6. The summed E-state index contributed by atoms with van der Waals surface area (Å²) in [4.78, 5) is 0. The molecule has 0 aliphatic heterocycles. The van der Waals surface area contributed by atoms with Crippen LogP contribution in [0.2, 0.25) is 0 Å². The maximum absolute atomic E-state index is 11.7. The van der Waals surface area contributed by atoms with Crippen molar-refractivity contribution in [2.75, 3.05) is 7.05 Å². The molecular weight excluding hydrogens is 191 g/mol. The predicted octanol–water partition coefficient (Wildman–Crippen LogP) is 0.250. The summed E-state index contributed by atoms with van der Waals surface area (Å²) in [6.45, 7) is 6.62. The van der Waals surface area contributed by atoms with Gasteiger partial charge in [-0.3, -0.25) is 0 Å². The van der Waals surface area contributed by atoms with Gasteiger partial charge in [-0.25, -0.2) is 0 Å². The van der Waals surface area contributed by atoms with Crippen LogP contribution in [0.15, 0.2) is 11.7 Å². The molecule has 0 radical (unpaired) electrons. The molecule has 4 nitrogen and oxygen atoms in total. The van der Waals surface area contributed by atoms with Crippen LogP contribution in [0.3, 0.4) is 0 Å². The first-order valence-electron chi connectivity index (χ1n) is 4.84. The van der Waals surface area contributed by atoms with E-state index >= 15 is 0 Å². The molecule has 0 heterocycles. The van der Waals surface area contributed by atoms with Gasteiger partial charge in [0.05, 0.1) is 0 Å². The van der Waals surface area contributed by atoms with Crippen molar-refractivity contribution in [3.05, 3.63) is 11.7 Å². The molecule has 0 saturated heterocycles. The van der Waals surface area contributed by atoms with Crippen LogP contribution >= 0.6 is 0 Å². The Kier molecular flexibility index (Phi) is 5.04. The van der Waals surface area contributed by atoms with Gasteiger partial charge in [0.25, 0.3) is 0 Å². The van der Waals surface area contributed by atoms with Crippen molar-refractivity contribution in [1.82, 2.24) is 5.32 Å². The molecule has 5 heteroatoms. The van der Waals surface area contributed by atoms with Crippen molar-refractivity contribution in [3.63, 3.8) is 0 Å². The van der Waals surface area contributed by atoms with E-state index in [0.717, 1.165) is 6.21 Å². The van der Waals surface area contributed by atoms with Gasteiger partial charge in [0, 0.05) is 0 Å². The van der Waals surface area contributed by atoms with E-state index in [0.29, 0.717) is 5.47 Å². The van der Waals surface area contributed by atoms with E-state index < -0.39 is 11.2 Å². The van der Waals surface area contributed by atoms with Gasteiger partial charge in [0.1, 0.15) is 0 Å². The molecule has 0 atom stereocenters. The molecule has 0 bridgehead atoms. The van der Waals surface area contributed by atoms with Gasteiger partial charge in [0.2, 0.25) is 0 Å². The average molecular weight is 210 g/mol. The van der Waals surface area contributed by atoms with Crippen molar-refractivity contribution >= 4 is 13.7 Å². The fourth-order valence-corrected chi connectivity index (χ4v) is 0.634. The van der Waals surface area contributed by atoms with E-state index in [4.69, 9.17) is 10.1 Å². The molecule has 0 spiro atoms. The molecule has 2 N–H and O–H groups in total. The Hall–Kier alpha value is -0.805. The van der Waals surface area contributed by atoms with Crippen molar-refractivity contribution in [3.8, 4) is 0 Å². The van der Waals surface area contributed by atoms with Gasteiger partial charge in [-0.1, -0.05) is 0 Å². The SMILES string of the molecule is CN/C=C(/[B+]OC(C)(C)C(C)(C)[O-])C=N. The average Bonchev–Trinajstić information content (AvgIpc) is 2.10. The van der Waals surface area contributed by atoms with Crippen LogP contribution in [-0.2, 0) is 4.65 Å². The predicted molar refractivity (Wildman–Crippen MR) is 60.9 cm³/mol. The number of hydrogen-bond acceptors (Lipinski definition) is 4. The molecule has 0 saturated carbocycles. The second kappa shape index (κ2) is 5.33. The van der Waals surface area contributed by atoms with Crippen molar-refractivity contribution in [2.24, 2.45) is 0 Å². The Morgan fingerprint density at radius 3 is 2.27 bits per heavy atom. The fourth-order valence-electron chi connectivity index (χ4n) is 0.634. The number of nitrogens with one attached hydrogen (secondary N) is 2. The summed E-state index contributed by atoms with van der Waals surface area (Å²) < 4.78 is 5.40. The zero-order valence-electron chi connectivity index (χ0n) is 10.0. The fraction of sp³-hybridized carbons (Fsp3) is 0.700. The topological polar surface area (TPSA) is 68.2 Å². The summed E-state index contributed by atoms with van der Waals surface area (Å²) in [5.41, 5.74) is -1.44. The molecule has 0 rings (SSSR count). The summed E-state index contributed by atoms with van der Waals surface area (Å²) in [6.07, 6.45) is 2.78. The Bertz CT molecular complexity index is 244. The summed E-state index contributed by atoms with van der Waals surface area (Å²) in [6, 6.07) is 0. The van der Waals surface area contributed by atoms with Crippen molar-refractivity contribution in [1.29, 1.82) is 5.41 Å². The first-order chi connectivity index (χ1) is 6.74. The number of rotatable bonds is 6. The molecule has 84 valence electrons. The van der Waals surface area contributed by atoms with E-state index in [1.165, 1.54) is 7.48 Å². The van der Waals surface area contributed by atoms with Crippen LogP contribution < -0.4 is 10.4 Å². The minimum absolute atomic E-state index is 0.579. The molecule has 0 amide bonds. The van der Waals surface area contributed by atoms with Gasteiger partial charge in [-0.05, 0) is 0 Å². The molecule has 0 aliphatic rings. The molecule has 0 aromatic carbocycles. The first kappa shape index (κ1) is 14.2. The molecule has 0 aromatic rings. The van der Waals surface area contributed by atoms with Gasteiger partial charge in [0.15, 0.2) is 0 Å². The summed E-state index contributed by atoms with van der Waals surface area (Å²) >= 11 is 0. The van der Waals surface area contributed by atoms with Crippen molar-refractivity contribution < 1.29 is 9.76 Å². The number of allylic oxidation sites excluding steroid dienone is 1. The molecule has 0 unspecified atom stereocenters. The van der Waals surface area contributed by atoms with E-state index in [9.17, 15) is 5.11 Å². The minimum atomic E-state index is -1.20. The number of hydrogen-bond donors (Lipinski definition) is 2. The standard InChI is InChI=1S/C10H19BN2O2/c1-9(2,14)10(3,4)15-11-8(6-12)7-13-5/h6-7,12-13H,1-5H3/b8-7+,12-6?. The molecular formula is C10H19BN2O2. The maximum atomic E-state index is 11.7. The Balaban J connectivity index is 4.38. The van der Waals surface area contributed by atoms with E-state index in [1.807, 2.05) is 0 Å². The van der Waals surface area contributed by atoms with Crippen LogP contribution in [0, 0.1) is 5.41 Å². The summed E-state index contributed by atoms with van der Waals surface area (Å²) in [5.74, 6) is 0. The first-order valence-corrected chi connectivity index (χ1v) is 4.84. The van der Waals surface area contributed by atoms with E-state index in [1.54, 1.807) is 40.9 Å². The van der Waals surface area contributed by atoms with Gasteiger partial charge in [-0.15, -0.1) is 0 Å². The third-order valence-corrected chi connectivity index (χ3v) is 2.42. The third-order valence-electron chi connectivity index (χ3n) is 2.42.